The molecule has 0 radical (unpaired) electrons. The molecule has 0 saturated carbocycles. The van der Waals surface area contributed by atoms with E-state index in [1.54, 1.807) is 20.9 Å². The Labute approximate surface area is 620 Å². The number of ether oxygens (including phenoxy) is 6. The van der Waals surface area contributed by atoms with Crippen molar-refractivity contribution in [2.75, 3.05) is 92.3 Å². The number of nitrogens with zero attached hydrogens (tertiary/aromatic N) is 3. The van der Waals surface area contributed by atoms with E-state index in [-0.39, 0.29) is 74.9 Å². The lowest BCUT2D eigenvalue weighted by Gasteiger charge is -2.49. The molecule has 108 heavy (non-hydrogen) atoms. The molecule has 3 fully saturated rings. The van der Waals surface area contributed by atoms with Crippen LogP contribution in [0.1, 0.15) is 137 Å². The second kappa shape index (κ2) is 51.0. The Kier molecular flexibility index (Phi) is 45.1. The number of hydrogen-bond acceptors (Lipinski definition) is 30. The maximum absolute atomic E-state index is 12.7. The van der Waals surface area contributed by atoms with Crippen molar-refractivity contribution < 1.29 is 161 Å². The minimum Gasteiger partial charge on any atom is -0.480 e. The van der Waals surface area contributed by atoms with Crippen molar-refractivity contribution in [2.24, 2.45) is 0 Å². The van der Waals surface area contributed by atoms with Gasteiger partial charge in [-0.1, -0.05) is 6.92 Å². The normalized spacial score (nSPS) is 22.9. The Hall–Kier alpha value is -8.53. The quantitative estimate of drug-likeness (QED) is 0.0252. The van der Waals surface area contributed by atoms with Crippen LogP contribution >= 0.6 is 0 Å². The Bertz CT molecular complexity index is 3020. The molecular formula is C66H105N9O33. The van der Waals surface area contributed by atoms with Crippen LogP contribution in [-0.4, -0.2) is 344 Å². The molecule has 42 nitrogen and oxygen atoms in total. The lowest BCUT2D eigenvalue weighted by molar-refractivity contribution is -0.375. The number of aliphatic hydroxyl groups excluding tert-OH is 7. The highest BCUT2D eigenvalue weighted by molar-refractivity contribution is 5.96. The summed E-state index contributed by atoms with van der Waals surface area (Å²) >= 11 is 0. The van der Waals surface area contributed by atoms with Crippen LogP contribution in [0.2, 0.25) is 0 Å². The number of unbranched alkanes of at least 4 members (excludes halogenated alkanes) is 2. The molecule has 0 aromatic carbocycles. The van der Waals surface area contributed by atoms with Gasteiger partial charge >= 0.3 is 17.9 Å². The average molecular weight is 1550 g/mol. The third-order valence-electron chi connectivity index (χ3n) is 16.6. The topological polar surface area (TPSA) is 630 Å². The van der Waals surface area contributed by atoms with Crippen molar-refractivity contribution in [1.82, 2.24) is 46.6 Å². The molecule has 3 aliphatic heterocycles. The van der Waals surface area contributed by atoms with Crippen molar-refractivity contribution in [1.29, 1.82) is 0 Å². The number of aliphatic hydroxyl groups is 7. The highest BCUT2D eigenvalue weighted by Crippen LogP contribution is 2.34. The van der Waals surface area contributed by atoms with Crippen molar-refractivity contribution in [2.45, 2.75) is 223 Å². The number of aliphatic carboxylic acids is 3. The van der Waals surface area contributed by atoms with Gasteiger partial charge in [0.05, 0.1) is 45.1 Å². The van der Waals surface area contributed by atoms with Crippen LogP contribution in [0.4, 0.5) is 0 Å². The molecule has 42 heteroatoms. The van der Waals surface area contributed by atoms with Gasteiger partial charge in [-0.25, -0.2) is 0 Å². The minimum atomic E-state index is -1.66. The number of nitrogens with one attached hydrogen (secondary N) is 6. The second-order valence-corrected chi connectivity index (χ2v) is 25.4. The van der Waals surface area contributed by atoms with Crippen LogP contribution in [-0.2, 0) is 110 Å². The van der Waals surface area contributed by atoms with Gasteiger partial charge in [-0.15, -0.1) is 0 Å². The van der Waals surface area contributed by atoms with E-state index in [9.17, 15) is 122 Å². The van der Waals surface area contributed by atoms with Gasteiger partial charge in [0.25, 0.3) is 0 Å². The molecule has 14 atom stereocenters. The average Bonchev–Trinajstić information content (AvgIpc) is 0.775. The Morgan fingerprint density at radius 2 is 0.880 bits per heavy atom. The summed E-state index contributed by atoms with van der Waals surface area (Å²) in [6.07, 6.45) is -17.6. The number of ketones is 5. The van der Waals surface area contributed by atoms with E-state index in [2.05, 4.69) is 31.9 Å². The van der Waals surface area contributed by atoms with E-state index in [1.165, 1.54) is 6.92 Å². The maximum Gasteiger partial charge on any atom is 0.323 e. The molecule has 0 aromatic rings. The van der Waals surface area contributed by atoms with Gasteiger partial charge in [0.15, 0.2) is 36.2 Å². The molecule has 3 heterocycles. The molecule has 5 unspecified atom stereocenters. The zero-order valence-corrected chi connectivity index (χ0v) is 61.0. The summed E-state index contributed by atoms with van der Waals surface area (Å²) in [5.41, 5.74) is 0. The van der Waals surface area contributed by atoms with Crippen LogP contribution < -0.4 is 31.9 Å². The third kappa shape index (κ3) is 37.1. The lowest BCUT2D eigenvalue weighted by atomic mass is 9.95. The summed E-state index contributed by atoms with van der Waals surface area (Å²) in [5, 5.41) is 114. The minimum absolute atomic E-state index is 0.0444. The number of carboxylic acids is 3. The number of amides is 9. The van der Waals surface area contributed by atoms with Crippen LogP contribution in [0.25, 0.3) is 0 Å². The summed E-state index contributed by atoms with van der Waals surface area (Å²) in [4.78, 5) is 206. The molecule has 9 amide bonds. The number of carbonyl (C=O) groups is 17. The van der Waals surface area contributed by atoms with Crippen molar-refractivity contribution in [3.05, 3.63) is 0 Å². The molecule has 0 aromatic heterocycles. The van der Waals surface area contributed by atoms with E-state index in [0.717, 1.165) is 6.92 Å². The first kappa shape index (κ1) is 95.5. The number of carboxylic acid groups (broad SMARTS) is 3. The molecule has 3 aliphatic rings. The van der Waals surface area contributed by atoms with E-state index in [0.29, 0.717) is 59.8 Å². The van der Waals surface area contributed by atoms with Crippen molar-refractivity contribution >= 4 is 100.0 Å². The van der Waals surface area contributed by atoms with Crippen LogP contribution in [0, 0.1) is 0 Å². The molecule has 3 rings (SSSR count). The first-order valence-corrected chi connectivity index (χ1v) is 35.1. The molecule has 3 saturated heterocycles. The van der Waals surface area contributed by atoms with Gasteiger partial charge in [0, 0.05) is 111 Å². The predicted molar refractivity (Wildman–Crippen MR) is 363 cm³/mol. The molecule has 16 N–H and O–H groups in total. The van der Waals surface area contributed by atoms with Gasteiger partial charge in [-0.3, -0.25) is 81.5 Å². The second-order valence-electron chi connectivity index (χ2n) is 25.4. The van der Waals surface area contributed by atoms with Gasteiger partial charge < -0.3 is 126 Å². The van der Waals surface area contributed by atoms with Crippen LogP contribution in [0.5, 0.6) is 0 Å². The fraction of sp³-hybridized carbons (Fsp3) is 0.742. The standard InChI is InChI=1S/C35H51N7O17.C31H54N2O16/c1-3-22(43)6-10-30(51)40(19-33(54)55)16-28(49)38-14-24(45)8-12-32(53)42(21-35(58)59)18-29(50)39-15-25(46)7-11-31(52)41(20-34(56)57)17-27(48)37-13-23(44)5-9-26(47)36-4-2;1-15-24(40)18(38)12-22(45-15)48-29-28(49-30-23(33-16(2)36)27(43)25(41)19(13-34)46-30)26(42)20(14-35)47-31(29)44-11-7-6-9-17(37)8-4-5-10-21(39)32-3/h3-21H2,1-2H3,(H,36,47)(H,37,48)(H,38,49)(H,39,50)(H,54,55)(H,56,57)(H,58,59);15,18-20,22-31,34-35,38,40-43H,4-14H2,1-3H3,(H,32,39)(H,33,36)/t;15?,18-,19?,20?,22+,23?,24-,25+,26+,27-,28+,29?,30-,31-/m.1/s1. The fourth-order valence-corrected chi connectivity index (χ4v) is 10.6. The maximum atomic E-state index is 12.7. The Morgan fingerprint density at radius 3 is 1.31 bits per heavy atom. The largest absolute Gasteiger partial charge is 0.480 e. The van der Waals surface area contributed by atoms with Crippen molar-refractivity contribution in [3.63, 3.8) is 0 Å². The van der Waals surface area contributed by atoms with Gasteiger partial charge in [0.1, 0.15) is 106 Å². The number of rotatable bonds is 50. The number of carbonyl (C=O) groups excluding carboxylic acids is 14. The van der Waals surface area contributed by atoms with Crippen LogP contribution in [0.15, 0.2) is 0 Å². The van der Waals surface area contributed by atoms with E-state index in [4.69, 9.17) is 38.6 Å². The van der Waals surface area contributed by atoms with Crippen LogP contribution in [0.3, 0.4) is 0 Å². The summed E-state index contributed by atoms with van der Waals surface area (Å²) < 4.78 is 35.5. The smallest absolute Gasteiger partial charge is 0.323 e. The molecular weight excluding hydrogens is 1450 g/mol. The monoisotopic (exact) mass is 1550 g/mol. The molecule has 0 bridgehead atoms. The zero-order chi connectivity index (χ0) is 81.3. The SMILES string of the molecule is CCNC(=O)CCC(=O)CNC(=O)CN(CC(=O)O)C(=O)CCC(=O)CNC(=O)CN(CC(=O)O)C(=O)CCC(=O)CNC(=O)CN(CC(=O)O)C(=O)CCC(=O)CC.CNC(=O)CCCCC(=O)CCCCO[C@@H]1OC(CO)[C@H](O)[C@H](O[C@H]2OC(CO)[C@H](O)[C@H](O)C2NC(C)=O)C1O[C@H]1C[C@@H](O)[C@H](O)C(C)O1. The molecule has 0 spiro atoms. The summed E-state index contributed by atoms with van der Waals surface area (Å²) in [5.74, 6) is -13.1. The summed E-state index contributed by atoms with van der Waals surface area (Å²) in [6, 6.07) is -1.37. The summed E-state index contributed by atoms with van der Waals surface area (Å²) in [7, 11) is 1.56. The highest BCUT2D eigenvalue weighted by atomic mass is 16.8. The summed E-state index contributed by atoms with van der Waals surface area (Å²) in [6.45, 7) is -1.98. The van der Waals surface area contributed by atoms with Gasteiger partial charge in [-0.05, 0) is 39.5 Å². The lowest BCUT2D eigenvalue weighted by Crippen LogP contribution is -2.68. The fourth-order valence-electron chi connectivity index (χ4n) is 10.6. The third-order valence-corrected chi connectivity index (χ3v) is 16.6. The zero-order valence-electron chi connectivity index (χ0n) is 61.0. The Morgan fingerprint density at radius 1 is 0.444 bits per heavy atom. The Balaban J connectivity index is 0.000000744. The first-order chi connectivity index (χ1) is 51.0. The van der Waals surface area contributed by atoms with E-state index < -0.39 is 260 Å². The van der Waals surface area contributed by atoms with Gasteiger partial charge in [-0.2, -0.15) is 0 Å². The molecule has 612 valence electrons. The van der Waals surface area contributed by atoms with Crippen molar-refractivity contribution in [3.8, 4) is 0 Å². The number of Topliss-reactive ketones (excluding diaryl/α,β-unsaturated/α-hetero) is 5. The van der Waals surface area contributed by atoms with E-state index >= 15 is 0 Å². The highest BCUT2D eigenvalue weighted by Gasteiger charge is 2.54. The van der Waals surface area contributed by atoms with E-state index in [1.807, 2.05) is 0 Å². The first-order valence-electron chi connectivity index (χ1n) is 35.1. The number of hydrogen-bond donors (Lipinski definition) is 16. The predicted octanol–water partition coefficient (Wildman–Crippen LogP) is -7.28. The molecule has 0 aliphatic carbocycles. The van der Waals surface area contributed by atoms with Gasteiger partial charge in [0.2, 0.25) is 53.2 Å².